The molecule has 0 aromatic carbocycles. The Labute approximate surface area is 88.6 Å². The summed E-state index contributed by atoms with van der Waals surface area (Å²) in [6.45, 7) is 9.53. The van der Waals surface area contributed by atoms with Crippen LogP contribution in [-0.2, 0) is 4.74 Å². The average molecular weight is 202 g/mol. The summed E-state index contributed by atoms with van der Waals surface area (Å²) in [4.78, 5) is 0. The summed E-state index contributed by atoms with van der Waals surface area (Å²) in [5, 5.41) is 6.77. The fourth-order valence-corrected chi connectivity index (χ4v) is 1.40. The number of rotatable bonds is 10. The first-order chi connectivity index (χ1) is 6.85. The van der Waals surface area contributed by atoms with Crippen molar-refractivity contribution in [2.24, 2.45) is 5.92 Å². The summed E-state index contributed by atoms with van der Waals surface area (Å²) in [6, 6.07) is 0. The molecule has 0 rings (SSSR count). The van der Waals surface area contributed by atoms with E-state index in [1.807, 2.05) is 0 Å². The fourth-order valence-electron chi connectivity index (χ4n) is 1.40. The third-order valence-electron chi connectivity index (χ3n) is 2.47. The Bertz CT molecular complexity index is 109. The summed E-state index contributed by atoms with van der Waals surface area (Å²) in [5.41, 5.74) is 0. The van der Waals surface area contributed by atoms with Crippen LogP contribution in [0.1, 0.15) is 26.7 Å². The molecular weight excluding hydrogens is 176 g/mol. The monoisotopic (exact) mass is 202 g/mol. The summed E-state index contributed by atoms with van der Waals surface area (Å²) < 4.78 is 4.97. The Morgan fingerprint density at radius 2 is 1.93 bits per heavy atom. The van der Waals surface area contributed by atoms with Crippen LogP contribution in [0.4, 0.5) is 0 Å². The lowest BCUT2D eigenvalue weighted by molar-refractivity contribution is 0.198. The lowest BCUT2D eigenvalue weighted by Gasteiger charge is -2.15. The van der Waals surface area contributed by atoms with E-state index >= 15 is 0 Å². The van der Waals surface area contributed by atoms with Gasteiger partial charge < -0.3 is 15.4 Å². The summed E-state index contributed by atoms with van der Waals surface area (Å²) >= 11 is 0. The van der Waals surface area contributed by atoms with Crippen LogP contribution in [0.25, 0.3) is 0 Å². The molecule has 3 nitrogen and oxygen atoms in total. The molecule has 0 aliphatic rings. The van der Waals surface area contributed by atoms with Gasteiger partial charge in [-0.1, -0.05) is 20.3 Å². The minimum atomic E-state index is 0.810. The van der Waals surface area contributed by atoms with Gasteiger partial charge in [-0.2, -0.15) is 0 Å². The summed E-state index contributed by atoms with van der Waals surface area (Å²) in [5.74, 6) is 0.810. The van der Waals surface area contributed by atoms with Crippen molar-refractivity contribution in [1.82, 2.24) is 10.6 Å². The van der Waals surface area contributed by atoms with Crippen molar-refractivity contribution >= 4 is 0 Å². The minimum absolute atomic E-state index is 0.810. The molecule has 0 amide bonds. The molecule has 2 N–H and O–H groups in total. The van der Waals surface area contributed by atoms with E-state index in [1.165, 1.54) is 12.8 Å². The smallest absolute Gasteiger partial charge is 0.0587 e. The first-order valence-corrected chi connectivity index (χ1v) is 5.75. The van der Waals surface area contributed by atoms with Gasteiger partial charge in [-0.05, 0) is 32.0 Å². The fraction of sp³-hybridized carbons (Fsp3) is 1.00. The number of ether oxygens (including phenoxy) is 1. The van der Waals surface area contributed by atoms with Gasteiger partial charge >= 0.3 is 0 Å². The van der Waals surface area contributed by atoms with Crippen molar-refractivity contribution in [2.75, 3.05) is 39.9 Å². The van der Waals surface area contributed by atoms with Crippen LogP contribution in [0.3, 0.4) is 0 Å². The molecule has 0 radical (unpaired) electrons. The van der Waals surface area contributed by atoms with Gasteiger partial charge in [0.25, 0.3) is 0 Å². The van der Waals surface area contributed by atoms with E-state index in [9.17, 15) is 0 Å². The number of hydrogen-bond acceptors (Lipinski definition) is 3. The van der Waals surface area contributed by atoms with Crippen molar-refractivity contribution in [3.63, 3.8) is 0 Å². The minimum Gasteiger partial charge on any atom is -0.383 e. The zero-order valence-electron chi connectivity index (χ0n) is 9.94. The third kappa shape index (κ3) is 8.48. The van der Waals surface area contributed by atoms with Gasteiger partial charge in [-0.25, -0.2) is 0 Å². The molecule has 14 heavy (non-hydrogen) atoms. The van der Waals surface area contributed by atoms with E-state index in [1.54, 1.807) is 7.11 Å². The van der Waals surface area contributed by atoms with E-state index in [0.29, 0.717) is 0 Å². The van der Waals surface area contributed by atoms with Gasteiger partial charge in [0.05, 0.1) is 6.61 Å². The van der Waals surface area contributed by atoms with Crippen LogP contribution in [-0.4, -0.2) is 39.9 Å². The van der Waals surface area contributed by atoms with E-state index in [-0.39, 0.29) is 0 Å². The predicted octanol–water partition coefficient (Wildman–Crippen LogP) is 1.25. The van der Waals surface area contributed by atoms with Crippen molar-refractivity contribution in [3.05, 3.63) is 0 Å². The Morgan fingerprint density at radius 1 is 1.14 bits per heavy atom. The molecule has 1 unspecified atom stereocenters. The van der Waals surface area contributed by atoms with Crippen LogP contribution in [0.5, 0.6) is 0 Å². The van der Waals surface area contributed by atoms with Crippen LogP contribution < -0.4 is 10.6 Å². The maximum Gasteiger partial charge on any atom is 0.0587 e. The Balaban J connectivity index is 3.24. The third-order valence-corrected chi connectivity index (χ3v) is 2.47. The van der Waals surface area contributed by atoms with Gasteiger partial charge in [-0.15, -0.1) is 0 Å². The van der Waals surface area contributed by atoms with E-state index in [0.717, 1.165) is 38.7 Å². The number of hydrogen-bond donors (Lipinski definition) is 2. The molecule has 0 spiro atoms. The highest BCUT2D eigenvalue weighted by molar-refractivity contribution is 4.61. The van der Waals surface area contributed by atoms with E-state index in [2.05, 4.69) is 24.5 Å². The molecular formula is C11H26N2O. The number of methoxy groups -OCH3 is 1. The molecule has 0 saturated carbocycles. The Kier molecular flexibility index (Phi) is 10.9. The second-order valence-corrected chi connectivity index (χ2v) is 3.61. The van der Waals surface area contributed by atoms with Crippen LogP contribution in [0, 0.1) is 5.92 Å². The first-order valence-electron chi connectivity index (χ1n) is 5.75. The topological polar surface area (TPSA) is 33.3 Å². The highest BCUT2D eigenvalue weighted by Crippen LogP contribution is 2.05. The molecule has 0 aromatic heterocycles. The molecule has 0 fully saturated rings. The van der Waals surface area contributed by atoms with Crippen molar-refractivity contribution in [3.8, 4) is 0 Å². The summed E-state index contributed by atoms with van der Waals surface area (Å²) in [6.07, 6.45) is 2.52. The maximum atomic E-state index is 4.97. The molecule has 0 bridgehead atoms. The van der Waals surface area contributed by atoms with Crippen LogP contribution >= 0.6 is 0 Å². The van der Waals surface area contributed by atoms with Crippen molar-refractivity contribution in [2.45, 2.75) is 26.7 Å². The highest BCUT2D eigenvalue weighted by Gasteiger charge is 2.04. The van der Waals surface area contributed by atoms with Gasteiger partial charge in [0, 0.05) is 13.7 Å². The van der Waals surface area contributed by atoms with Crippen LogP contribution in [0.2, 0.25) is 0 Å². The molecule has 0 heterocycles. The largest absolute Gasteiger partial charge is 0.383 e. The maximum absolute atomic E-state index is 4.97. The summed E-state index contributed by atoms with van der Waals surface area (Å²) in [7, 11) is 1.74. The van der Waals surface area contributed by atoms with Gasteiger partial charge in [0.1, 0.15) is 0 Å². The Morgan fingerprint density at radius 3 is 2.50 bits per heavy atom. The average Bonchev–Trinajstić information content (AvgIpc) is 2.22. The molecule has 0 saturated heterocycles. The standard InChI is InChI=1S/C11H26N2O/c1-4-11(10-12-5-2)6-7-13-8-9-14-3/h11-13H,4-10H2,1-3H3. The van der Waals surface area contributed by atoms with Crippen molar-refractivity contribution in [1.29, 1.82) is 0 Å². The van der Waals surface area contributed by atoms with Crippen molar-refractivity contribution < 1.29 is 4.74 Å². The molecule has 86 valence electrons. The van der Waals surface area contributed by atoms with Gasteiger partial charge in [-0.3, -0.25) is 0 Å². The zero-order valence-corrected chi connectivity index (χ0v) is 9.94. The zero-order chi connectivity index (χ0) is 10.6. The lowest BCUT2D eigenvalue weighted by atomic mass is 10.0. The Hall–Kier alpha value is -0.120. The normalized spacial score (nSPS) is 13.1. The van der Waals surface area contributed by atoms with Crippen LogP contribution in [0.15, 0.2) is 0 Å². The predicted molar refractivity (Wildman–Crippen MR) is 61.7 cm³/mol. The quantitative estimate of drug-likeness (QED) is 0.523. The second-order valence-electron chi connectivity index (χ2n) is 3.61. The molecule has 3 heteroatoms. The first kappa shape index (κ1) is 13.9. The molecule has 0 aliphatic carbocycles. The highest BCUT2D eigenvalue weighted by atomic mass is 16.5. The van der Waals surface area contributed by atoms with Gasteiger partial charge in [0.2, 0.25) is 0 Å². The molecule has 1 atom stereocenters. The molecule has 0 aliphatic heterocycles. The SMILES string of the molecule is CCNCC(CC)CCNCCOC. The molecule has 0 aromatic rings. The number of nitrogens with one attached hydrogen (secondary N) is 2. The lowest BCUT2D eigenvalue weighted by Crippen LogP contribution is -2.27. The second kappa shape index (κ2) is 11.0. The van der Waals surface area contributed by atoms with E-state index < -0.39 is 0 Å². The van der Waals surface area contributed by atoms with Gasteiger partial charge in [0.15, 0.2) is 0 Å². The van der Waals surface area contributed by atoms with E-state index in [4.69, 9.17) is 4.74 Å².